The molecule has 0 radical (unpaired) electrons. The minimum atomic E-state index is -0.335. The van der Waals surface area contributed by atoms with Crippen LogP contribution in [0.25, 0.3) is 5.69 Å². The number of nitrogens with one attached hydrogen (secondary N) is 1. The molecule has 0 spiro atoms. The van der Waals surface area contributed by atoms with Crippen molar-refractivity contribution in [1.82, 2.24) is 25.0 Å². The lowest BCUT2D eigenvalue weighted by molar-refractivity contribution is 0.0746. The molecule has 0 saturated carbocycles. The second kappa shape index (κ2) is 7.38. The molecule has 144 valence electrons. The summed E-state index contributed by atoms with van der Waals surface area (Å²) in [7, 11) is 0. The van der Waals surface area contributed by atoms with Crippen molar-refractivity contribution in [1.29, 1.82) is 0 Å². The number of rotatable bonds is 3. The van der Waals surface area contributed by atoms with Gasteiger partial charge in [-0.1, -0.05) is 19.9 Å². The van der Waals surface area contributed by atoms with Gasteiger partial charge in [0.15, 0.2) is 0 Å². The summed E-state index contributed by atoms with van der Waals surface area (Å²) in [5.41, 5.74) is 0.585. The Bertz CT molecular complexity index is 820. The summed E-state index contributed by atoms with van der Waals surface area (Å²) in [4.78, 5) is 19.5. The third kappa shape index (κ3) is 3.60. The third-order valence-corrected chi connectivity index (χ3v) is 5.70. The summed E-state index contributed by atoms with van der Waals surface area (Å²) >= 11 is 0. The third-order valence-electron chi connectivity index (χ3n) is 5.70. The van der Waals surface area contributed by atoms with Crippen molar-refractivity contribution >= 4 is 5.91 Å². The summed E-state index contributed by atoms with van der Waals surface area (Å²) in [6.07, 6.45) is 2.04. The second-order valence-electron chi connectivity index (χ2n) is 7.89. The van der Waals surface area contributed by atoms with E-state index in [1.54, 1.807) is 16.8 Å². The zero-order valence-corrected chi connectivity index (χ0v) is 15.9. The molecule has 7 heteroatoms. The largest absolute Gasteiger partial charge is 0.336 e. The molecule has 1 N–H and O–H groups in total. The molecular formula is C20H26FN5O. The molecule has 1 aromatic carbocycles. The number of amides is 1. The van der Waals surface area contributed by atoms with Gasteiger partial charge in [0.1, 0.15) is 11.6 Å². The number of hydrogen-bond acceptors (Lipinski definition) is 4. The van der Waals surface area contributed by atoms with Crippen molar-refractivity contribution in [2.45, 2.75) is 32.6 Å². The van der Waals surface area contributed by atoms with Gasteiger partial charge in [0, 0.05) is 19.0 Å². The minimum absolute atomic E-state index is 0.0666. The van der Waals surface area contributed by atoms with Crippen LogP contribution >= 0.6 is 0 Å². The van der Waals surface area contributed by atoms with Gasteiger partial charge in [0.2, 0.25) is 5.82 Å². The van der Waals surface area contributed by atoms with Gasteiger partial charge < -0.3 is 10.2 Å². The number of aromatic nitrogens is 3. The maximum atomic E-state index is 13.7. The van der Waals surface area contributed by atoms with Crippen LogP contribution in [0, 0.1) is 17.7 Å². The van der Waals surface area contributed by atoms with Crippen LogP contribution in [0.2, 0.25) is 0 Å². The van der Waals surface area contributed by atoms with E-state index in [-0.39, 0.29) is 23.5 Å². The lowest BCUT2D eigenvalue weighted by Crippen LogP contribution is -2.33. The van der Waals surface area contributed by atoms with Crippen LogP contribution in [-0.4, -0.2) is 51.8 Å². The average molecular weight is 371 g/mol. The molecule has 2 aliphatic rings. The number of nitrogens with zero attached hydrogens (tertiary/aromatic N) is 4. The Morgan fingerprint density at radius 2 is 1.93 bits per heavy atom. The molecule has 1 aromatic heterocycles. The molecule has 2 aromatic rings. The fourth-order valence-electron chi connectivity index (χ4n) is 4.15. The molecule has 2 saturated heterocycles. The zero-order chi connectivity index (χ0) is 19.0. The van der Waals surface area contributed by atoms with E-state index in [2.05, 4.69) is 15.4 Å². The van der Waals surface area contributed by atoms with E-state index in [1.807, 2.05) is 18.7 Å². The van der Waals surface area contributed by atoms with Gasteiger partial charge in [0.05, 0.1) is 5.69 Å². The Kier molecular flexibility index (Phi) is 4.95. The van der Waals surface area contributed by atoms with Crippen molar-refractivity contribution in [3.63, 3.8) is 0 Å². The van der Waals surface area contributed by atoms with E-state index in [4.69, 9.17) is 0 Å². The summed E-state index contributed by atoms with van der Waals surface area (Å²) in [6.45, 7) is 7.58. The van der Waals surface area contributed by atoms with Gasteiger partial charge in [-0.3, -0.25) is 4.79 Å². The quantitative estimate of drug-likeness (QED) is 0.901. The molecule has 0 bridgehead atoms. The van der Waals surface area contributed by atoms with E-state index in [1.165, 1.54) is 12.1 Å². The summed E-state index contributed by atoms with van der Waals surface area (Å²) in [5, 5.41) is 7.91. The van der Waals surface area contributed by atoms with Gasteiger partial charge >= 0.3 is 0 Å². The van der Waals surface area contributed by atoms with Crippen LogP contribution in [0.1, 0.15) is 49.1 Å². The van der Waals surface area contributed by atoms with Gasteiger partial charge in [-0.25, -0.2) is 14.1 Å². The van der Waals surface area contributed by atoms with Crippen LogP contribution in [0.15, 0.2) is 24.3 Å². The van der Waals surface area contributed by atoms with Crippen LogP contribution in [0.5, 0.6) is 0 Å². The molecule has 2 aliphatic heterocycles. The minimum Gasteiger partial charge on any atom is -0.336 e. The maximum absolute atomic E-state index is 13.7. The number of likely N-dealkylation sites (tertiary alicyclic amines) is 1. The van der Waals surface area contributed by atoms with E-state index in [0.29, 0.717) is 23.3 Å². The first-order valence-corrected chi connectivity index (χ1v) is 9.76. The highest BCUT2D eigenvalue weighted by Crippen LogP contribution is 2.28. The van der Waals surface area contributed by atoms with E-state index in [0.717, 1.165) is 39.0 Å². The monoisotopic (exact) mass is 371 g/mol. The summed E-state index contributed by atoms with van der Waals surface area (Å²) < 4.78 is 15.3. The van der Waals surface area contributed by atoms with Gasteiger partial charge in [-0.2, -0.15) is 0 Å². The van der Waals surface area contributed by atoms with E-state index >= 15 is 0 Å². The smallest absolute Gasteiger partial charge is 0.293 e. The Morgan fingerprint density at radius 3 is 2.56 bits per heavy atom. The lowest BCUT2D eigenvalue weighted by atomic mass is 9.92. The summed E-state index contributed by atoms with van der Waals surface area (Å²) in [6, 6.07) is 6.22. The van der Waals surface area contributed by atoms with Gasteiger partial charge in [0.25, 0.3) is 5.91 Å². The molecule has 0 aliphatic carbocycles. The molecule has 1 amide bonds. The first-order valence-electron chi connectivity index (χ1n) is 9.76. The van der Waals surface area contributed by atoms with Crippen LogP contribution < -0.4 is 5.32 Å². The van der Waals surface area contributed by atoms with Crippen molar-refractivity contribution < 1.29 is 9.18 Å². The SMILES string of the molecule is CC(C)c1nc(C(=O)N2CC[C@@H]3CNC[C@@H]3CC2)nn1-c1cccc(F)c1. The van der Waals surface area contributed by atoms with Crippen molar-refractivity contribution in [3.8, 4) is 5.69 Å². The fraction of sp³-hybridized carbons (Fsp3) is 0.550. The number of benzene rings is 1. The number of halogens is 1. The standard InChI is InChI=1S/C20H26FN5O/c1-13(2)19-23-18(24-26(19)17-5-3-4-16(21)10-17)20(27)25-8-6-14-11-22-12-15(14)7-9-25/h3-5,10,13-15,22H,6-9,11-12H2,1-2H3/t14-,15+. The molecule has 2 atom stereocenters. The highest BCUT2D eigenvalue weighted by molar-refractivity contribution is 5.90. The Morgan fingerprint density at radius 1 is 1.22 bits per heavy atom. The molecular weight excluding hydrogens is 345 g/mol. The lowest BCUT2D eigenvalue weighted by Gasteiger charge is -2.19. The Labute approximate surface area is 158 Å². The number of fused-ring (bicyclic) bond motifs is 1. The predicted molar refractivity (Wildman–Crippen MR) is 100 cm³/mol. The first-order chi connectivity index (χ1) is 13.0. The molecule has 0 unspecified atom stereocenters. The van der Waals surface area contributed by atoms with Crippen LogP contribution in [-0.2, 0) is 0 Å². The summed E-state index contributed by atoms with van der Waals surface area (Å²) in [5.74, 6) is 1.79. The topological polar surface area (TPSA) is 63.1 Å². The Balaban J connectivity index is 1.60. The molecule has 2 fully saturated rings. The normalized spacial score (nSPS) is 22.7. The van der Waals surface area contributed by atoms with Gasteiger partial charge in [-0.15, -0.1) is 5.10 Å². The fourth-order valence-corrected chi connectivity index (χ4v) is 4.15. The maximum Gasteiger partial charge on any atom is 0.293 e. The second-order valence-corrected chi connectivity index (χ2v) is 7.89. The number of carbonyl (C=O) groups excluding carboxylic acids is 1. The van der Waals surface area contributed by atoms with Crippen molar-refractivity contribution in [2.75, 3.05) is 26.2 Å². The van der Waals surface area contributed by atoms with Crippen LogP contribution in [0.4, 0.5) is 4.39 Å². The Hall–Kier alpha value is -2.28. The van der Waals surface area contributed by atoms with E-state index in [9.17, 15) is 9.18 Å². The highest BCUT2D eigenvalue weighted by atomic mass is 19.1. The van der Waals surface area contributed by atoms with Crippen LogP contribution in [0.3, 0.4) is 0 Å². The highest BCUT2D eigenvalue weighted by Gasteiger charge is 2.33. The molecule has 4 rings (SSSR count). The number of hydrogen-bond donors (Lipinski definition) is 1. The predicted octanol–water partition coefficient (Wildman–Crippen LogP) is 2.60. The first kappa shape index (κ1) is 18.1. The molecule has 6 nitrogen and oxygen atoms in total. The molecule has 27 heavy (non-hydrogen) atoms. The molecule has 3 heterocycles. The van der Waals surface area contributed by atoms with Crippen molar-refractivity contribution in [3.05, 3.63) is 41.7 Å². The zero-order valence-electron chi connectivity index (χ0n) is 15.9. The van der Waals surface area contributed by atoms with E-state index < -0.39 is 0 Å². The van der Waals surface area contributed by atoms with Gasteiger partial charge in [-0.05, 0) is 56.0 Å². The van der Waals surface area contributed by atoms with Crippen molar-refractivity contribution in [2.24, 2.45) is 11.8 Å². The number of carbonyl (C=O) groups is 1. The average Bonchev–Trinajstić information content (AvgIpc) is 3.24.